The van der Waals surface area contributed by atoms with E-state index in [2.05, 4.69) is 4.98 Å². The van der Waals surface area contributed by atoms with Gasteiger partial charge in [0.1, 0.15) is 17.5 Å². The lowest BCUT2D eigenvalue weighted by atomic mass is 10.0. The molecule has 0 fully saturated rings. The van der Waals surface area contributed by atoms with Gasteiger partial charge in [-0.1, -0.05) is 6.07 Å². The fraction of sp³-hybridized carbons (Fsp3) is 0.294. The molecule has 0 amide bonds. The van der Waals surface area contributed by atoms with E-state index in [-0.39, 0.29) is 0 Å². The molecule has 1 N–H and O–H groups in total. The van der Waals surface area contributed by atoms with E-state index >= 15 is 0 Å². The summed E-state index contributed by atoms with van der Waals surface area (Å²) in [7, 11) is 4.81. The highest BCUT2D eigenvalue weighted by Crippen LogP contribution is 2.32. The molecule has 0 aliphatic rings. The molecule has 122 valence electrons. The summed E-state index contributed by atoms with van der Waals surface area (Å²) < 4.78 is 10.5. The summed E-state index contributed by atoms with van der Waals surface area (Å²) >= 11 is 0. The number of hydrogen-bond donors (Lipinski definition) is 1. The van der Waals surface area contributed by atoms with Crippen LogP contribution in [0.3, 0.4) is 0 Å². The monoisotopic (exact) mass is 316 g/mol. The van der Waals surface area contributed by atoms with Crippen LogP contribution in [0.4, 0.5) is 0 Å². The van der Waals surface area contributed by atoms with E-state index in [0.717, 1.165) is 5.69 Å². The maximum Gasteiger partial charge on any atom is 0.325 e. The van der Waals surface area contributed by atoms with Gasteiger partial charge in [-0.2, -0.15) is 0 Å². The second-order valence-electron chi connectivity index (χ2n) is 5.08. The minimum absolute atomic E-state index is 0.410. The molecule has 0 radical (unpaired) electrons. The molecule has 2 rings (SSSR count). The Balaban J connectivity index is 2.33. The zero-order valence-electron chi connectivity index (χ0n) is 13.4. The van der Waals surface area contributed by atoms with E-state index in [1.807, 2.05) is 18.2 Å². The molecule has 0 aliphatic heterocycles. The van der Waals surface area contributed by atoms with E-state index in [0.29, 0.717) is 23.6 Å². The van der Waals surface area contributed by atoms with Crippen molar-refractivity contribution in [2.24, 2.45) is 0 Å². The molecule has 1 heterocycles. The number of carboxylic acid groups (broad SMARTS) is 1. The number of methoxy groups -OCH3 is 2. The van der Waals surface area contributed by atoms with E-state index in [9.17, 15) is 9.90 Å². The predicted octanol–water partition coefficient (Wildman–Crippen LogP) is 2.36. The first kappa shape index (κ1) is 16.8. The topological polar surface area (TPSA) is 71.9 Å². The average molecular weight is 316 g/mol. The van der Waals surface area contributed by atoms with Gasteiger partial charge in [-0.3, -0.25) is 14.7 Å². The first-order valence-electron chi connectivity index (χ1n) is 7.11. The van der Waals surface area contributed by atoms with Gasteiger partial charge >= 0.3 is 5.97 Å². The van der Waals surface area contributed by atoms with Crippen LogP contribution >= 0.6 is 0 Å². The van der Waals surface area contributed by atoms with Gasteiger partial charge < -0.3 is 14.6 Å². The highest BCUT2D eigenvalue weighted by Gasteiger charge is 2.28. The molecule has 0 unspecified atom stereocenters. The van der Waals surface area contributed by atoms with Crippen molar-refractivity contribution in [2.75, 3.05) is 21.3 Å². The van der Waals surface area contributed by atoms with Gasteiger partial charge in [0.25, 0.3) is 0 Å². The van der Waals surface area contributed by atoms with E-state index in [1.54, 1.807) is 43.5 Å². The third kappa shape index (κ3) is 3.98. The van der Waals surface area contributed by atoms with E-state index in [4.69, 9.17) is 9.47 Å². The number of likely N-dealkylation sites (N-methyl/N-ethyl adjacent to an activating group) is 1. The second-order valence-corrected chi connectivity index (χ2v) is 5.08. The Labute approximate surface area is 135 Å². The molecule has 0 saturated carbocycles. The summed E-state index contributed by atoms with van der Waals surface area (Å²) in [5.74, 6) is 0.138. The first-order chi connectivity index (χ1) is 11.1. The third-order valence-corrected chi connectivity index (χ3v) is 3.55. The van der Waals surface area contributed by atoms with Gasteiger partial charge in [0.2, 0.25) is 0 Å². The van der Waals surface area contributed by atoms with Crippen molar-refractivity contribution in [3.63, 3.8) is 0 Å². The summed E-state index contributed by atoms with van der Waals surface area (Å²) in [5, 5.41) is 9.67. The molecule has 6 heteroatoms. The molecule has 0 bridgehead atoms. The SMILES string of the molecule is COc1ccc([C@H](C(=O)O)N(C)Cc2ccccn2)c(OC)c1. The van der Waals surface area contributed by atoms with Crippen molar-refractivity contribution >= 4 is 5.97 Å². The van der Waals surface area contributed by atoms with Crippen LogP contribution in [0.25, 0.3) is 0 Å². The van der Waals surface area contributed by atoms with Gasteiger partial charge in [-0.15, -0.1) is 0 Å². The maximum atomic E-state index is 11.8. The lowest BCUT2D eigenvalue weighted by Gasteiger charge is -2.26. The number of hydrogen-bond acceptors (Lipinski definition) is 5. The van der Waals surface area contributed by atoms with Crippen LogP contribution in [0.2, 0.25) is 0 Å². The van der Waals surface area contributed by atoms with Crippen molar-refractivity contribution in [3.05, 3.63) is 53.9 Å². The fourth-order valence-electron chi connectivity index (χ4n) is 2.44. The van der Waals surface area contributed by atoms with Crippen molar-refractivity contribution in [1.82, 2.24) is 9.88 Å². The number of pyridine rings is 1. The molecule has 1 aromatic heterocycles. The number of rotatable bonds is 7. The Hall–Kier alpha value is -2.60. The zero-order chi connectivity index (χ0) is 16.8. The number of aliphatic carboxylic acids is 1. The standard InChI is InChI=1S/C17H20N2O4/c1-19(11-12-6-4-5-9-18-12)16(17(20)21)14-8-7-13(22-2)10-15(14)23-3/h4-10,16H,11H2,1-3H3,(H,20,21)/t16-/m1/s1. The molecule has 2 aromatic rings. The number of nitrogens with zero attached hydrogens (tertiary/aromatic N) is 2. The summed E-state index contributed by atoms with van der Waals surface area (Å²) in [6, 6.07) is 9.83. The van der Waals surface area contributed by atoms with Crippen LogP contribution in [0, 0.1) is 0 Å². The van der Waals surface area contributed by atoms with Gasteiger partial charge in [-0.05, 0) is 31.3 Å². The molecule has 23 heavy (non-hydrogen) atoms. The van der Waals surface area contributed by atoms with Gasteiger partial charge in [0.15, 0.2) is 0 Å². The van der Waals surface area contributed by atoms with Crippen molar-refractivity contribution in [2.45, 2.75) is 12.6 Å². The number of ether oxygens (including phenoxy) is 2. The number of aromatic nitrogens is 1. The van der Waals surface area contributed by atoms with Crippen LogP contribution in [-0.2, 0) is 11.3 Å². The quantitative estimate of drug-likeness (QED) is 0.845. The molecule has 6 nitrogen and oxygen atoms in total. The normalized spacial score (nSPS) is 12.0. The predicted molar refractivity (Wildman–Crippen MR) is 85.6 cm³/mol. The summed E-state index contributed by atoms with van der Waals surface area (Å²) in [5.41, 5.74) is 1.37. The summed E-state index contributed by atoms with van der Waals surface area (Å²) in [6.07, 6.45) is 1.69. The Morgan fingerprint density at radius 1 is 1.26 bits per heavy atom. The molecule has 0 aliphatic carbocycles. The van der Waals surface area contributed by atoms with Crippen LogP contribution in [0.1, 0.15) is 17.3 Å². The van der Waals surface area contributed by atoms with Crippen LogP contribution in [0.15, 0.2) is 42.6 Å². The van der Waals surface area contributed by atoms with Gasteiger partial charge in [0.05, 0.1) is 19.9 Å². The molecule has 1 atom stereocenters. The molecular formula is C17H20N2O4. The summed E-state index contributed by atoms with van der Waals surface area (Å²) in [4.78, 5) is 17.8. The number of benzene rings is 1. The van der Waals surface area contributed by atoms with Crippen LogP contribution in [-0.4, -0.2) is 42.2 Å². The van der Waals surface area contributed by atoms with E-state index in [1.165, 1.54) is 7.11 Å². The van der Waals surface area contributed by atoms with Crippen molar-refractivity contribution in [1.29, 1.82) is 0 Å². The average Bonchev–Trinajstić information content (AvgIpc) is 2.55. The Morgan fingerprint density at radius 2 is 2.04 bits per heavy atom. The Kier molecular flexibility index (Phi) is 5.54. The first-order valence-corrected chi connectivity index (χ1v) is 7.11. The minimum Gasteiger partial charge on any atom is -0.497 e. The van der Waals surface area contributed by atoms with Crippen molar-refractivity contribution in [3.8, 4) is 11.5 Å². The molecule has 1 aromatic carbocycles. The largest absolute Gasteiger partial charge is 0.497 e. The van der Waals surface area contributed by atoms with Crippen LogP contribution in [0.5, 0.6) is 11.5 Å². The number of carbonyl (C=O) groups is 1. The third-order valence-electron chi connectivity index (χ3n) is 3.55. The molecule has 0 spiro atoms. The molecule has 0 saturated heterocycles. The maximum absolute atomic E-state index is 11.8. The Bertz CT molecular complexity index is 661. The number of carboxylic acids is 1. The highest BCUT2D eigenvalue weighted by atomic mass is 16.5. The zero-order valence-corrected chi connectivity index (χ0v) is 13.4. The fourth-order valence-corrected chi connectivity index (χ4v) is 2.44. The van der Waals surface area contributed by atoms with Crippen molar-refractivity contribution < 1.29 is 19.4 Å². The second kappa shape index (κ2) is 7.60. The van der Waals surface area contributed by atoms with Gasteiger partial charge in [0, 0.05) is 24.4 Å². The summed E-state index contributed by atoms with van der Waals surface area (Å²) in [6.45, 7) is 0.410. The van der Waals surface area contributed by atoms with E-state index < -0.39 is 12.0 Å². The van der Waals surface area contributed by atoms with Crippen LogP contribution < -0.4 is 9.47 Å². The highest BCUT2D eigenvalue weighted by molar-refractivity contribution is 5.77. The minimum atomic E-state index is -0.952. The smallest absolute Gasteiger partial charge is 0.325 e. The van der Waals surface area contributed by atoms with Gasteiger partial charge in [-0.25, -0.2) is 0 Å². The molecular weight excluding hydrogens is 296 g/mol. The lowest BCUT2D eigenvalue weighted by Crippen LogP contribution is -2.31. The Morgan fingerprint density at radius 3 is 2.61 bits per heavy atom. The lowest BCUT2D eigenvalue weighted by molar-refractivity contribution is -0.143.